The molecule has 0 radical (unpaired) electrons. The molecule has 2 heterocycles. The number of fused-ring (bicyclic) bond motifs is 1. The fraction of sp³-hybridized carbons (Fsp3) is 0.227. The minimum atomic E-state index is -0.704. The number of halogens is 2. The summed E-state index contributed by atoms with van der Waals surface area (Å²) < 4.78 is 36.0. The Morgan fingerprint density at radius 1 is 1.03 bits per heavy atom. The Balaban J connectivity index is 1.34. The van der Waals surface area contributed by atoms with Crippen LogP contribution in [0.25, 0.3) is 5.69 Å². The van der Waals surface area contributed by atoms with Crippen molar-refractivity contribution < 1.29 is 13.5 Å². The van der Waals surface area contributed by atoms with Crippen LogP contribution >= 0.6 is 11.3 Å². The van der Waals surface area contributed by atoms with Gasteiger partial charge in [0.05, 0.1) is 17.9 Å². The summed E-state index contributed by atoms with van der Waals surface area (Å²) in [6, 6.07) is 10.5. The van der Waals surface area contributed by atoms with Crippen LogP contribution in [0.2, 0.25) is 0 Å². The van der Waals surface area contributed by atoms with Crippen LogP contribution in [-0.4, -0.2) is 19.3 Å². The number of thiazole rings is 1. The number of aromatic nitrogens is 4. The van der Waals surface area contributed by atoms with Gasteiger partial charge in [-0.05, 0) is 62.1 Å². The molecule has 0 saturated carbocycles. The molecular weight excluding hydrogens is 422 g/mol. The van der Waals surface area contributed by atoms with E-state index in [1.165, 1.54) is 28.4 Å². The lowest BCUT2D eigenvalue weighted by molar-refractivity contribution is 0.476. The number of benzene rings is 2. The number of hydrogen-bond acceptors (Lipinski definition) is 5. The average Bonchev–Trinajstić information content (AvgIpc) is 3.34. The van der Waals surface area contributed by atoms with Crippen molar-refractivity contribution in [3.63, 3.8) is 0 Å². The van der Waals surface area contributed by atoms with Gasteiger partial charge >= 0.3 is 5.69 Å². The van der Waals surface area contributed by atoms with Gasteiger partial charge < -0.3 is 4.74 Å². The molecule has 0 bridgehead atoms. The monoisotopic (exact) mass is 440 g/mol. The van der Waals surface area contributed by atoms with Crippen LogP contribution in [0.5, 0.6) is 10.9 Å². The largest absolute Gasteiger partial charge is 0.431 e. The fourth-order valence-electron chi connectivity index (χ4n) is 3.60. The van der Waals surface area contributed by atoms with Gasteiger partial charge in [-0.15, -0.1) is 0 Å². The van der Waals surface area contributed by atoms with Crippen molar-refractivity contribution in [1.29, 1.82) is 0 Å². The summed E-state index contributed by atoms with van der Waals surface area (Å²) in [6.07, 6.45) is 5.66. The van der Waals surface area contributed by atoms with Crippen LogP contribution in [0, 0.1) is 11.6 Å². The van der Waals surface area contributed by atoms with Crippen LogP contribution in [0.3, 0.4) is 0 Å². The van der Waals surface area contributed by atoms with E-state index in [2.05, 4.69) is 10.1 Å². The summed E-state index contributed by atoms with van der Waals surface area (Å²) in [4.78, 5) is 18.5. The maximum absolute atomic E-state index is 13.9. The normalized spacial score (nSPS) is 13.2. The van der Waals surface area contributed by atoms with Gasteiger partial charge in [0.15, 0.2) is 0 Å². The maximum Gasteiger partial charge on any atom is 0.350 e. The maximum atomic E-state index is 13.9. The Labute approximate surface area is 180 Å². The molecule has 0 aliphatic heterocycles. The molecule has 9 heteroatoms. The van der Waals surface area contributed by atoms with Crippen molar-refractivity contribution in [2.24, 2.45) is 0 Å². The molecule has 1 aliphatic carbocycles. The van der Waals surface area contributed by atoms with E-state index in [0.717, 1.165) is 41.7 Å². The highest BCUT2D eigenvalue weighted by atomic mass is 32.1. The zero-order chi connectivity index (χ0) is 21.4. The Morgan fingerprint density at radius 3 is 2.52 bits per heavy atom. The second kappa shape index (κ2) is 8.07. The van der Waals surface area contributed by atoms with E-state index in [4.69, 9.17) is 4.74 Å². The molecule has 5 rings (SSSR count). The number of nitrogens with zero attached hydrogens (tertiary/aromatic N) is 4. The van der Waals surface area contributed by atoms with Gasteiger partial charge in [-0.25, -0.2) is 18.6 Å². The Morgan fingerprint density at radius 2 is 1.77 bits per heavy atom. The number of aryl methyl sites for hydroxylation is 2. The summed E-state index contributed by atoms with van der Waals surface area (Å²) in [6.45, 7) is -0.243. The van der Waals surface area contributed by atoms with Crippen molar-refractivity contribution in [1.82, 2.24) is 19.3 Å². The van der Waals surface area contributed by atoms with Crippen LogP contribution < -0.4 is 10.4 Å². The molecule has 0 saturated heterocycles. The molecule has 0 atom stereocenters. The Hall–Kier alpha value is -3.33. The van der Waals surface area contributed by atoms with E-state index in [1.807, 2.05) is 0 Å². The first-order chi connectivity index (χ1) is 15.1. The number of ether oxygens (including phenoxy) is 1. The van der Waals surface area contributed by atoms with Gasteiger partial charge in [-0.3, -0.25) is 4.57 Å². The molecule has 0 spiro atoms. The first-order valence-electron chi connectivity index (χ1n) is 9.93. The zero-order valence-corrected chi connectivity index (χ0v) is 17.2. The summed E-state index contributed by atoms with van der Waals surface area (Å²) in [5.41, 5.74) is 0.970. The zero-order valence-electron chi connectivity index (χ0n) is 16.4. The van der Waals surface area contributed by atoms with Crippen molar-refractivity contribution in [3.05, 3.63) is 87.0 Å². The molecule has 0 unspecified atom stereocenters. The van der Waals surface area contributed by atoms with Crippen molar-refractivity contribution >= 4 is 11.3 Å². The molecule has 2 aromatic heterocycles. The topological polar surface area (TPSA) is 61.9 Å². The van der Waals surface area contributed by atoms with Gasteiger partial charge in [0, 0.05) is 10.4 Å². The molecule has 4 aromatic rings. The third-order valence-corrected chi connectivity index (χ3v) is 6.27. The molecule has 158 valence electrons. The second-order valence-corrected chi connectivity index (χ2v) is 8.35. The third-order valence-electron chi connectivity index (χ3n) is 5.24. The lowest BCUT2D eigenvalue weighted by Gasteiger charge is -2.06. The van der Waals surface area contributed by atoms with Crippen molar-refractivity contribution in [3.8, 4) is 16.6 Å². The van der Waals surface area contributed by atoms with Crippen LogP contribution in [0.4, 0.5) is 8.78 Å². The highest BCUT2D eigenvalue weighted by Crippen LogP contribution is 2.33. The first-order valence-corrected chi connectivity index (χ1v) is 10.7. The second-order valence-electron chi connectivity index (χ2n) is 7.31. The van der Waals surface area contributed by atoms with Gasteiger partial charge in [-0.1, -0.05) is 17.4 Å². The summed E-state index contributed by atoms with van der Waals surface area (Å²) >= 11 is 1.57. The molecule has 31 heavy (non-hydrogen) atoms. The smallest absolute Gasteiger partial charge is 0.350 e. The molecular formula is C22H18F2N4O2S. The van der Waals surface area contributed by atoms with Gasteiger partial charge in [-0.2, -0.15) is 9.78 Å². The molecule has 0 amide bonds. The fourth-order valence-corrected chi connectivity index (χ4v) is 4.62. The van der Waals surface area contributed by atoms with Crippen molar-refractivity contribution in [2.45, 2.75) is 32.2 Å². The highest BCUT2D eigenvalue weighted by Gasteiger charge is 2.17. The molecule has 0 N–H and O–H groups in total. The van der Waals surface area contributed by atoms with Gasteiger partial charge in [0.2, 0.25) is 0 Å². The summed E-state index contributed by atoms with van der Waals surface area (Å²) in [5, 5.41) is 4.69. The van der Waals surface area contributed by atoms with E-state index < -0.39 is 17.3 Å². The predicted molar refractivity (Wildman–Crippen MR) is 112 cm³/mol. The minimum absolute atomic E-state index is 0.181. The Kier molecular flexibility index (Phi) is 5.11. The summed E-state index contributed by atoms with van der Waals surface area (Å²) in [7, 11) is 0. The molecule has 1 aliphatic rings. The quantitative estimate of drug-likeness (QED) is 0.459. The van der Waals surface area contributed by atoms with Crippen molar-refractivity contribution in [2.75, 3.05) is 0 Å². The average molecular weight is 440 g/mol. The Bertz CT molecular complexity index is 1250. The van der Waals surface area contributed by atoms with E-state index in [0.29, 0.717) is 16.6 Å². The van der Waals surface area contributed by atoms with Crippen LogP contribution in [-0.2, 0) is 19.4 Å². The van der Waals surface area contributed by atoms with E-state index in [9.17, 15) is 13.6 Å². The lowest BCUT2D eigenvalue weighted by Crippen LogP contribution is -2.24. The predicted octanol–water partition coefficient (Wildman–Crippen LogP) is 4.49. The number of rotatable bonds is 5. The molecule has 2 aromatic carbocycles. The standard InChI is InChI=1S/C22H18F2N4O2S/c23-17-4-3-5-18(24)16(17)12-27-13-25-28(22(27)29)14-8-10-15(11-9-14)30-21-26-19-6-1-2-7-20(19)31-21/h3-5,8-11,13H,1-2,6-7,12H2. The van der Waals surface area contributed by atoms with Crippen LogP contribution in [0.15, 0.2) is 53.6 Å². The lowest BCUT2D eigenvalue weighted by atomic mass is 10.0. The minimum Gasteiger partial charge on any atom is -0.431 e. The van der Waals surface area contributed by atoms with E-state index in [-0.39, 0.29) is 12.1 Å². The summed E-state index contributed by atoms with van der Waals surface area (Å²) in [5.74, 6) is -0.800. The first kappa shape index (κ1) is 19.6. The third kappa shape index (κ3) is 3.88. The highest BCUT2D eigenvalue weighted by molar-refractivity contribution is 7.13. The number of hydrogen-bond donors (Lipinski definition) is 0. The molecule has 6 nitrogen and oxygen atoms in total. The van der Waals surface area contributed by atoms with Gasteiger partial charge in [0.25, 0.3) is 5.19 Å². The van der Waals surface area contributed by atoms with E-state index in [1.54, 1.807) is 35.6 Å². The SMILES string of the molecule is O=c1n(Cc2c(F)cccc2F)cnn1-c1ccc(Oc2nc3c(s2)CCCC3)cc1. The van der Waals surface area contributed by atoms with Gasteiger partial charge in [0.1, 0.15) is 23.7 Å². The van der Waals surface area contributed by atoms with Crippen LogP contribution in [0.1, 0.15) is 29.0 Å². The van der Waals surface area contributed by atoms with E-state index >= 15 is 0 Å². The molecule has 0 fully saturated rings.